The van der Waals surface area contributed by atoms with Crippen molar-refractivity contribution in [1.82, 2.24) is 0 Å². The molecule has 0 spiro atoms. The van der Waals surface area contributed by atoms with Gasteiger partial charge in [-0.2, -0.15) is 0 Å². The van der Waals surface area contributed by atoms with E-state index in [1.165, 1.54) is 302 Å². The Balaban J connectivity index is -0.000000423. The predicted octanol–water partition coefficient (Wildman–Crippen LogP) is 27.5. The predicted molar refractivity (Wildman–Crippen MR) is 336 cm³/mol. The fourth-order valence-corrected chi connectivity index (χ4v) is 11.8. The van der Waals surface area contributed by atoms with Gasteiger partial charge in [-0.1, -0.05) is 406 Å². The number of hydrogen-bond donors (Lipinski definition) is 0. The maximum Gasteiger partial charge on any atom is -0.0386 e. The fourth-order valence-electron chi connectivity index (χ4n) is 11.8. The first kappa shape index (κ1) is 77.5. The summed E-state index contributed by atoms with van der Waals surface area (Å²) in [5.74, 6) is 8.05. The SMILES string of the molecule is CCCCC(C)CCC(CCCC)C(CC)CCC.CCCCC(CC)CCC(CC)CCCC.CCCCCC(CCCC)CCC(CCC)CCCC.CCCCCCCCCC(CC)CCCC. The van der Waals surface area contributed by atoms with Crippen LogP contribution in [0.1, 0.15) is 413 Å². The highest BCUT2D eigenvalue weighted by molar-refractivity contribution is 4.72. The smallest absolute Gasteiger partial charge is 0.0386 e. The summed E-state index contributed by atoms with van der Waals surface area (Å²) in [4.78, 5) is 0. The van der Waals surface area contributed by atoms with Crippen molar-refractivity contribution in [3.05, 3.63) is 0 Å². The zero-order valence-corrected chi connectivity index (χ0v) is 53.9. The first-order valence-corrected chi connectivity index (χ1v) is 34.6. The van der Waals surface area contributed by atoms with Gasteiger partial charge in [0.25, 0.3) is 0 Å². The Morgan fingerprint density at radius 1 is 0.169 bits per heavy atom. The van der Waals surface area contributed by atoms with E-state index in [-0.39, 0.29) is 0 Å². The Labute approximate surface area is 457 Å². The monoisotopic (exact) mass is 1000 g/mol. The van der Waals surface area contributed by atoms with E-state index in [0.29, 0.717) is 0 Å². The molecule has 0 radical (unpaired) electrons. The van der Waals surface area contributed by atoms with Gasteiger partial charge < -0.3 is 0 Å². The zero-order valence-electron chi connectivity index (χ0n) is 53.9. The van der Waals surface area contributed by atoms with Crippen molar-refractivity contribution in [2.24, 2.45) is 47.3 Å². The van der Waals surface area contributed by atoms with E-state index in [1.807, 2.05) is 0 Å². The van der Waals surface area contributed by atoms with Gasteiger partial charge in [0, 0.05) is 0 Å². The van der Waals surface area contributed by atoms with Crippen LogP contribution in [0.5, 0.6) is 0 Å². The lowest BCUT2D eigenvalue weighted by atomic mass is 9.79. The van der Waals surface area contributed by atoms with Gasteiger partial charge in [-0.3, -0.25) is 0 Å². The summed E-state index contributed by atoms with van der Waals surface area (Å²) < 4.78 is 0. The number of hydrogen-bond acceptors (Lipinski definition) is 0. The maximum atomic E-state index is 2.47. The maximum absolute atomic E-state index is 2.47. The van der Waals surface area contributed by atoms with Gasteiger partial charge in [0.15, 0.2) is 0 Å². The van der Waals surface area contributed by atoms with Crippen LogP contribution in [-0.4, -0.2) is 0 Å². The number of unbranched alkanes of at least 4 members (excludes halogenated alkanes) is 15. The molecule has 0 aromatic heterocycles. The van der Waals surface area contributed by atoms with E-state index in [0.717, 1.165) is 47.3 Å². The molecule has 71 heavy (non-hydrogen) atoms. The molecule has 0 nitrogen and oxygen atoms in total. The van der Waals surface area contributed by atoms with E-state index >= 15 is 0 Å². The van der Waals surface area contributed by atoms with Crippen LogP contribution in [0.4, 0.5) is 0 Å². The van der Waals surface area contributed by atoms with Gasteiger partial charge in [-0.15, -0.1) is 0 Å². The van der Waals surface area contributed by atoms with Crippen LogP contribution < -0.4 is 0 Å². The standard InChI is InChI=1S/C20H42.C19H40.2C16H34/c1-5-9-12-16-20(15-11-7-3)18-17-19(13-8-4)14-10-6-2;1-6-10-13-17(5)15-16-19(14-11-7-2)18(9-4)12-8-3;1-5-9-11-15(7-3)13-14-16(8-4)12-10-6-2;1-4-7-9-10-11-12-13-15-16(6-3)14-8-5-2/h19-20H,5-18H2,1-4H3;17-19H,6-16H2,1-5H3;15-16H,5-14H2,1-4H3;16H,4-15H2,1-3H3. The van der Waals surface area contributed by atoms with E-state index in [9.17, 15) is 0 Å². The van der Waals surface area contributed by atoms with Crippen molar-refractivity contribution in [1.29, 1.82) is 0 Å². The van der Waals surface area contributed by atoms with Crippen molar-refractivity contribution < 1.29 is 0 Å². The first-order chi connectivity index (χ1) is 34.6. The summed E-state index contributed by atoms with van der Waals surface area (Å²) in [6, 6.07) is 0. The summed E-state index contributed by atoms with van der Waals surface area (Å²) >= 11 is 0. The normalized spacial score (nSPS) is 14.7. The average molecular weight is 1000 g/mol. The highest BCUT2D eigenvalue weighted by Gasteiger charge is 2.20. The van der Waals surface area contributed by atoms with E-state index in [4.69, 9.17) is 0 Å². The highest BCUT2D eigenvalue weighted by atomic mass is 14.3. The molecule has 0 aliphatic rings. The second-order valence-corrected chi connectivity index (χ2v) is 24.3. The lowest BCUT2D eigenvalue weighted by molar-refractivity contribution is 0.243. The Kier molecular flexibility index (Phi) is 72.2. The minimum absolute atomic E-state index is 0.947. The van der Waals surface area contributed by atoms with Gasteiger partial charge in [0.2, 0.25) is 0 Å². The van der Waals surface area contributed by atoms with Gasteiger partial charge in [-0.25, -0.2) is 0 Å². The largest absolute Gasteiger partial charge is 0.0654 e. The lowest BCUT2D eigenvalue weighted by Crippen LogP contribution is -2.15. The summed E-state index contributed by atoms with van der Waals surface area (Å²) in [5.41, 5.74) is 0. The molecule has 0 aromatic carbocycles. The van der Waals surface area contributed by atoms with Crippen LogP contribution in [0.15, 0.2) is 0 Å². The van der Waals surface area contributed by atoms with Crippen LogP contribution in [-0.2, 0) is 0 Å². The molecule has 0 saturated carbocycles. The Morgan fingerprint density at radius 3 is 0.873 bits per heavy atom. The fraction of sp³-hybridized carbons (Fsp3) is 1.00. The number of rotatable bonds is 51. The molecular formula is C71H150. The van der Waals surface area contributed by atoms with Crippen molar-refractivity contribution in [2.45, 2.75) is 413 Å². The van der Waals surface area contributed by atoms with Crippen molar-refractivity contribution in [3.63, 3.8) is 0 Å². The molecule has 0 saturated heterocycles. The van der Waals surface area contributed by atoms with Crippen molar-refractivity contribution in [2.75, 3.05) is 0 Å². The van der Waals surface area contributed by atoms with Crippen LogP contribution >= 0.6 is 0 Å². The van der Waals surface area contributed by atoms with Crippen molar-refractivity contribution in [3.8, 4) is 0 Å². The van der Waals surface area contributed by atoms with E-state index < -0.39 is 0 Å². The van der Waals surface area contributed by atoms with Gasteiger partial charge >= 0.3 is 0 Å². The van der Waals surface area contributed by atoms with Crippen LogP contribution in [0.3, 0.4) is 0 Å². The molecule has 0 heterocycles. The summed E-state index contributed by atoms with van der Waals surface area (Å²) in [5, 5.41) is 0. The molecule has 0 fully saturated rings. The third-order valence-electron chi connectivity index (χ3n) is 17.5. The molecule has 0 amide bonds. The Hall–Kier alpha value is 0. The molecule has 8 unspecified atom stereocenters. The molecule has 8 atom stereocenters. The Bertz CT molecular complexity index is 857. The molecule has 0 bridgehead atoms. The van der Waals surface area contributed by atoms with Crippen LogP contribution in [0.25, 0.3) is 0 Å². The van der Waals surface area contributed by atoms with Crippen LogP contribution in [0, 0.1) is 47.3 Å². The second-order valence-electron chi connectivity index (χ2n) is 24.3. The molecule has 0 aromatic rings. The molecular weight excluding hydrogens is 853 g/mol. The van der Waals surface area contributed by atoms with E-state index in [1.54, 1.807) is 0 Å². The summed E-state index contributed by atoms with van der Waals surface area (Å²) in [6.07, 6.45) is 67.6. The highest BCUT2D eigenvalue weighted by Crippen LogP contribution is 2.33. The third kappa shape index (κ3) is 57.5. The zero-order chi connectivity index (χ0) is 53.9. The van der Waals surface area contributed by atoms with Gasteiger partial charge in [-0.05, 0) is 53.8 Å². The molecule has 0 aliphatic carbocycles. The third-order valence-corrected chi connectivity index (χ3v) is 17.5. The lowest BCUT2D eigenvalue weighted by Gasteiger charge is -2.27. The average Bonchev–Trinajstić information content (AvgIpc) is 3.39. The first-order valence-electron chi connectivity index (χ1n) is 34.6. The van der Waals surface area contributed by atoms with E-state index in [2.05, 4.69) is 111 Å². The summed E-state index contributed by atoms with van der Waals surface area (Å²) in [7, 11) is 0. The molecule has 0 rings (SSSR count). The van der Waals surface area contributed by atoms with Gasteiger partial charge in [0.05, 0.1) is 0 Å². The quantitative estimate of drug-likeness (QED) is 0.0533. The topological polar surface area (TPSA) is 0 Å². The minimum Gasteiger partial charge on any atom is -0.0654 e. The molecule has 0 heteroatoms. The van der Waals surface area contributed by atoms with Crippen molar-refractivity contribution >= 4 is 0 Å². The summed E-state index contributed by atoms with van der Waals surface area (Å²) in [6.45, 7) is 37.5. The molecule has 0 N–H and O–H groups in total. The Morgan fingerprint density at radius 2 is 0.465 bits per heavy atom. The van der Waals surface area contributed by atoms with Crippen LogP contribution in [0.2, 0.25) is 0 Å². The van der Waals surface area contributed by atoms with Gasteiger partial charge in [0.1, 0.15) is 0 Å². The molecule has 0 aliphatic heterocycles. The molecule has 434 valence electrons. The second kappa shape index (κ2) is 66.1. The minimum atomic E-state index is 0.947.